The Labute approximate surface area is 164 Å². The van der Waals surface area contributed by atoms with Gasteiger partial charge in [0.25, 0.3) is 15.0 Å². The number of carbonyl (C=O) groups excluding carboxylic acids is 1. The van der Waals surface area contributed by atoms with E-state index in [2.05, 4.69) is 15.3 Å². The van der Waals surface area contributed by atoms with Crippen LogP contribution < -0.4 is 10.1 Å². The summed E-state index contributed by atoms with van der Waals surface area (Å²) in [6.45, 7) is 5.89. The smallest absolute Gasteiger partial charge is 0.261 e. The van der Waals surface area contributed by atoms with Crippen molar-refractivity contribution in [1.29, 1.82) is 0 Å². The van der Waals surface area contributed by atoms with Gasteiger partial charge in [0.1, 0.15) is 11.6 Å². The maximum atomic E-state index is 12.3. The standard InChI is InChI=1S/C18H24ClN3O4S/c1-5-7-10-21-13(3)11-17(23)22-18(20-4)15-12-14(27(19,24)25)8-9-16(15)26-6-2/h8-12H,5-7H2,1-4H3,(H,20,22,23)/b13-11+,21-10+. The molecule has 0 aliphatic carbocycles. The van der Waals surface area contributed by atoms with Gasteiger partial charge >= 0.3 is 0 Å². The van der Waals surface area contributed by atoms with E-state index >= 15 is 0 Å². The maximum absolute atomic E-state index is 12.3. The summed E-state index contributed by atoms with van der Waals surface area (Å²) in [7, 11) is 2.96. The van der Waals surface area contributed by atoms with Crippen molar-refractivity contribution in [3.05, 3.63) is 35.5 Å². The first-order chi connectivity index (χ1) is 12.7. The van der Waals surface area contributed by atoms with Gasteiger partial charge in [-0.15, -0.1) is 0 Å². The number of aliphatic imine (C=N–C) groups is 2. The summed E-state index contributed by atoms with van der Waals surface area (Å²) in [4.78, 5) is 20.3. The molecule has 0 spiro atoms. The number of nitrogens with one attached hydrogen (secondary N) is 1. The summed E-state index contributed by atoms with van der Waals surface area (Å²) in [5.41, 5.74) is 0.855. The van der Waals surface area contributed by atoms with Crippen LogP contribution >= 0.6 is 10.7 Å². The summed E-state index contributed by atoms with van der Waals surface area (Å²) in [5, 5.41) is 2.62. The second-order valence-corrected chi connectivity index (χ2v) is 8.04. The number of allylic oxidation sites excluding steroid dienone is 1. The normalized spacial score (nSPS) is 13.1. The largest absolute Gasteiger partial charge is 0.493 e. The van der Waals surface area contributed by atoms with Gasteiger partial charge in [0.15, 0.2) is 0 Å². The highest BCUT2D eigenvalue weighted by Crippen LogP contribution is 2.25. The molecule has 1 rings (SSSR count). The van der Waals surface area contributed by atoms with Gasteiger partial charge in [-0.2, -0.15) is 0 Å². The predicted octanol–water partition coefficient (Wildman–Crippen LogP) is 3.28. The summed E-state index contributed by atoms with van der Waals surface area (Å²) in [6.07, 6.45) is 4.87. The van der Waals surface area contributed by atoms with E-state index < -0.39 is 15.0 Å². The number of amidine groups is 1. The average molecular weight is 414 g/mol. The minimum Gasteiger partial charge on any atom is -0.493 e. The quantitative estimate of drug-likeness (QED) is 0.306. The molecule has 0 saturated carbocycles. The van der Waals surface area contributed by atoms with Crippen molar-refractivity contribution in [3.63, 3.8) is 0 Å². The fraction of sp³-hybridized carbons (Fsp3) is 0.389. The molecule has 7 nitrogen and oxygen atoms in total. The molecular formula is C18H24ClN3O4S. The zero-order valence-electron chi connectivity index (χ0n) is 15.8. The number of benzene rings is 1. The van der Waals surface area contributed by atoms with Crippen molar-refractivity contribution >= 4 is 37.7 Å². The number of rotatable bonds is 8. The first-order valence-electron chi connectivity index (χ1n) is 8.43. The van der Waals surface area contributed by atoms with Crippen LogP contribution in [-0.4, -0.2) is 40.0 Å². The molecule has 0 unspecified atom stereocenters. The van der Waals surface area contributed by atoms with E-state index in [0.29, 0.717) is 23.6 Å². The predicted molar refractivity (Wildman–Crippen MR) is 108 cm³/mol. The molecule has 1 amide bonds. The third kappa shape index (κ3) is 7.52. The number of halogens is 1. The fourth-order valence-electron chi connectivity index (χ4n) is 2.09. The van der Waals surface area contributed by atoms with Gasteiger partial charge in [-0.25, -0.2) is 8.42 Å². The van der Waals surface area contributed by atoms with E-state index in [1.54, 1.807) is 20.1 Å². The molecule has 0 bridgehead atoms. The lowest BCUT2D eigenvalue weighted by Gasteiger charge is -2.13. The van der Waals surface area contributed by atoms with E-state index in [0.717, 1.165) is 12.8 Å². The number of unbranched alkanes of at least 4 members (excludes halogenated alkanes) is 1. The van der Waals surface area contributed by atoms with Crippen LogP contribution in [0.2, 0.25) is 0 Å². The van der Waals surface area contributed by atoms with E-state index in [-0.39, 0.29) is 10.7 Å². The number of hydrogen-bond donors (Lipinski definition) is 1. The van der Waals surface area contributed by atoms with Gasteiger partial charge in [-0.3, -0.25) is 14.8 Å². The molecule has 1 N–H and O–H groups in total. The van der Waals surface area contributed by atoms with Gasteiger partial charge < -0.3 is 10.1 Å². The molecule has 0 aromatic heterocycles. The third-order valence-corrected chi connectivity index (χ3v) is 4.66. The Morgan fingerprint density at radius 1 is 1.33 bits per heavy atom. The van der Waals surface area contributed by atoms with Gasteiger partial charge in [-0.1, -0.05) is 13.3 Å². The maximum Gasteiger partial charge on any atom is 0.261 e. The Balaban J connectivity index is 3.17. The number of carbonyl (C=O) groups is 1. The Kier molecular flexibility index (Phi) is 9.17. The summed E-state index contributed by atoms with van der Waals surface area (Å²) in [6, 6.07) is 4.12. The summed E-state index contributed by atoms with van der Waals surface area (Å²) in [5.74, 6) is 0.0969. The first kappa shape index (κ1) is 22.9. The second kappa shape index (κ2) is 10.8. The third-order valence-electron chi connectivity index (χ3n) is 3.31. The number of ether oxygens (including phenoxy) is 1. The number of hydrogen-bond acceptors (Lipinski definition) is 6. The molecule has 0 atom stereocenters. The van der Waals surface area contributed by atoms with Crippen molar-refractivity contribution in [2.45, 2.75) is 38.5 Å². The number of nitrogens with zero attached hydrogens (tertiary/aromatic N) is 2. The van der Waals surface area contributed by atoms with Crippen molar-refractivity contribution < 1.29 is 17.9 Å². The molecular weight excluding hydrogens is 390 g/mol. The Morgan fingerprint density at radius 3 is 2.59 bits per heavy atom. The molecule has 0 radical (unpaired) electrons. The zero-order chi connectivity index (χ0) is 20.4. The van der Waals surface area contributed by atoms with Gasteiger partial charge in [0, 0.05) is 35.7 Å². The number of amides is 1. The van der Waals surface area contributed by atoms with Gasteiger partial charge in [-0.05, 0) is 38.5 Å². The van der Waals surface area contributed by atoms with Crippen LogP contribution in [0.25, 0.3) is 0 Å². The highest BCUT2D eigenvalue weighted by molar-refractivity contribution is 8.13. The summed E-state index contributed by atoms with van der Waals surface area (Å²) >= 11 is 0. The van der Waals surface area contributed by atoms with E-state index in [1.165, 1.54) is 31.3 Å². The lowest BCUT2D eigenvalue weighted by atomic mass is 10.1. The molecule has 0 heterocycles. The van der Waals surface area contributed by atoms with E-state index in [9.17, 15) is 13.2 Å². The van der Waals surface area contributed by atoms with Gasteiger partial charge in [0.05, 0.1) is 17.1 Å². The van der Waals surface area contributed by atoms with Crippen molar-refractivity contribution in [1.82, 2.24) is 5.32 Å². The fourth-order valence-corrected chi connectivity index (χ4v) is 2.87. The van der Waals surface area contributed by atoms with E-state index in [4.69, 9.17) is 15.4 Å². The SMILES string of the molecule is CCC/C=N/C(C)=C/C(=O)N/C(=N\C)c1cc(S(=O)(=O)Cl)ccc1OCC. The molecule has 0 aliphatic rings. The molecule has 9 heteroatoms. The van der Waals surface area contributed by atoms with Gasteiger partial charge in [0.2, 0.25) is 0 Å². The molecule has 1 aromatic carbocycles. The monoisotopic (exact) mass is 413 g/mol. The van der Waals surface area contributed by atoms with E-state index in [1.807, 2.05) is 6.92 Å². The van der Waals surface area contributed by atoms with Crippen LogP contribution in [0.15, 0.2) is 44.9 Å². The van der Waals surface area contributed by atoms with Crippen LogP contribution in [0.1, 0.15) is 39.2 Å². The molecule has 148 valence electrons. The van der Waals surface area contributed by atoms with Crippen molar-refractivity contribution in [2.75, 3.05) is 13.7 Å². The Morgan fingerprint density at radius 2 is 2.04 bits per heavy atom. The molecule has 1 aromatic rings. The highest BCUT2D eigenvalue weighted by atomic mass is 35.7. The molecule has 0 fully saturated rings. The molecule has 27 heavy (non-hydrogen) atoms. The van der Waals surface area contributed by atoms with Crippen LogP contribution in [0, 0.1) is 0 Å². The van der Waals surface area contributed by atoms with Crippen LogP contribution in [-0.2, 0) is 13.8 Å². The van der Waals surface area contributed by atoms with Crippen molar-refractivity contribution in [3.8, 4) is 5.75 Å². The average Bonchev–Trinajstić information content (AvgIpc) is 2.59. The van der Waals surface area contributed by atoms with Crippen LogP contribution in [0.4, 0.5) is 0 Å². The lowest BCUT2D eigenvalue weighted by Crippen LogP contribution is -2.30. The lowest BCUT2D eigenvalue weighted by molar-refractivity contribution is -0.115. The molecule has 0 aliphatic heterocycles. The van der Waals surface area contributed by atoms with Crippen LogP contribution in [0.5, 0.6) is 5.75 Å². The first-order valence-corrected chi connectivity index (χ1v) is 10.7. The Bertz CT molecular complexity index is 861. The zero-order valence-corrected chi connectivity index (χ0v) is 17.4. The highest BCUT2D eigenvalue weighted by Gasteiger charge is 2.18. The topological polar surface area (TPSA) is 97.2 Å². The Hall–Kier alpha value is -2.19. The van der Waals surface area contributed by atoms with Crippen molar-refractivity contribution in [2.24, 2.45) is 9.98 Å². The second-order valence-electron chi connectivity index (χ2n) is 5.48. The summed E-state index contributed by atoms with van der Waals surface area (Å²) < 4.78 is 28.8. The van der Waals surface area contributed by atoms with Crippen LogP contribution in [0.3, 0.4) is 0 Å². The molecule has 0 saturated heterocycles. The minimum atomic E-state index is -3.94. The minimum absolute atomic E-state index is 0.117.